The maximum atomic E-state index is 12.4. The van der Waals surface area contributed by atoms with Gasteiger partial charge in [-0.15, -0.1) is 0 Å². The Morgan fingerprint density at radius 1 is 1.35 bits per heavy atom. The fourth-order valence-electron chi connectivity index (χ4n) is 2.35. The van der Waals surface area contributed by atoms with Crippen molar-refractivity contribution in [1.82, 2.24) is 9.62 Å². The van der Waals surface area contributed by atoms with Gasteiger partial charge in [0.25, 0.3) is 0 Å². The molecule has 0 aromatic heterocycles. The summed E-state index contributed by atoms with van der Waals surface area (Å²) in [6, 6.07) is 0. The smallest absolute Gasteiger partial charge is 0.218 e. The lowest BCUT2D eigenvalue weighted by atomic mass is 10.1. The van der Waals surface area contributed by atoms with Gasteiger partial charge in [-0.05, 0) is 19.4 Å². The van der Waals surface area contributed by atoms with E-state index < -0.39 is 10.0 Å². The van der Waals surface area contributed by atoms with Gasteiger partial charge in [0.2, 0.25) is 10.0 Å². The van der Waals surface area contributed by atoms with E-state index in [0.717, 1.165) is 25.1 Å². The molecular weight excluding hydrogens is 256 g/mol. The van der Waals surface area contributed by atoms with E-state index in [2.05, 4.69) is 19.2 Å². The SMILES string of the molecule is CC1(C)CCN(S(=O)(=O)C2CCNC2)CCS1. The molecule has 0 aromatic rings. The van der Waals surface area contributed by atoms with E-state index in [-0.39, 0.29) is 10.00 Å². The molecule has 2 fully saturated rings. The summed E-state index contributed by atoms with van der Waals surface area (Å²) in [6.45, 7) is 7.20. The minimum atomic E-state index is -3.08. The third-order valence-corrected chi connectivity index (χ3v) is 7.30. The molecule has 2 heterocycles. The second-order valence-corrected chi connectivity index (χ2v) is 9.43. The van der Waals surface area contributed by atoms with Crippen molar-refractivity contribution >= 4 is 21.8 Å². The Morgan fingerprint density at radius 2 is 2.12 bits per heavy atom. The first-order chi connectivity index (χ1) is 7.92. The monoisotopic (exact) mass is 278 g/mol. The zero-order chi connectivity index (χ0) is 12.5. The maximum Gasteiger partial charge on any atom is 0.218 e. The van der Waals surface area contributed by atoms with Crippen LogP contribution in [-0.4, -0.2) is 54.7 Å². The minimum Gasteiger partial charge on any atom is -0.315 e. The number of sulfonamides is 1. The van der Waals surface area contributed by atoms with Crippen LogP contribution in [0.1, 0.15) is 26.7 Å². The summed E-state index contributed by atoms with van der Waals surface area (Å²) in [6.07, 6.45) is 1.70. The van der Waals surface area contributed by atoms with Gasteiger partial charge >= 0.3 is 0 Å². The van der Waals surface area contributed by atoms with E-state index >= 15 is 0 Å². The second kappa shape index (κ2) is 5.07. The van der Waals surface area contributed by atoms with Gasteiger partial charge in [-0.2, -0.15) is 11.8 Å². The Bertz CT molecular complexity index is 362. The van der Waals surface area contributed by atoms with E-state index in [0.29, 0.717) is 19.6 Å². The minimum absolute atomic E-state index is 0.200. The molecule has 2 rings (SSSR count). The molecule has 17 heavy (non-hydrogen) atoms. The van der Waals surface area contributed by atoms with Crippen molar-refractivity contribution in [3.8, 4) is 0 Å². The lowest BCUT2D eigenvalue weighted by Gasteiger charge is -2.24. The third kappa shape index (κ3) is 3.16. The molecule has 1 atom stereocenters. The maximum absolute atomic E-state index is 12.4. The van der Waals surface area contributed by atoms with Crippen molar-refractivity contribution in [1.29, 1.82) is 0 Å². The molecule has 0 spiro atoms. The molecule has 6 heteroatoms. The summed E-state index contributed by atoms with van der Waals surface area (Å²) >= 11 is 1.88. The first-order valence-electron chi connectivity index (χ1n) is 6.25. The Kier molecular flexibility index (Phi) is 4.07. The number of nitrogens with one attached hydrogen (secondary N) is 1. The largest absolute Gasteiger partial charge is 0.315 e. The lowest BCUT2D eigenvalue weighted by Crippen LogP contribution is -2.41. The van der Waals surface area contributed by atoms with Gasteiger partial charge in [0.05, 0.1) is 5.25 Å². The molecule has 2 aliphatic heterocycles. The molecule has 0 aromatic carbocycles. The van der Waals surface area contributed by atoms with Crippen molar-refractivity contribution in [2.45, 2.75) is 36.7 Å². The van der Waals surface area contributed by atoms with Crippen LogP contribution in [0, 0.1) is 0 Å². The quantitative estimate of drug-likeness (QED) is 0.815. The highest BCUT2D eigenvalue weighted by atomic mass is 32.2. The Balaban J connectivity index is 2.06. The number of hydrogen-bond acceptors (Lipinski definition) is 4. The number of rotatable bonds is 2. The van der Waals surface area contributed by atoms with Crippen molar-refractivity contribution < 1.29 is 8.42 Å². The van der Waals surface area contributed by atoms with Gasteiger partial charge in [-0.1, -0.05) is 13.8 Å². The molecule has 0 bridgehead atoms. The van der Waals surface area contributed by atoms with Crippen molar-refractivity contribution in [3.05, 3.63) is 0 Å². The van der Waals surface area contributed by atoms with Crippen LogP contribution in [0.4, 0.5) is 0 Å². The molecule has 0 radical (unpaired) electrons. The summed E-state index contributed by atoms with van der Waals surface area (Å²) < 4.78 is 26.8. The highest BCUT2D eigenvalue weighted by molar-refractivity contribution is 8.00. The van der Waals surface area contributed by atoms with Crippen LogP contribution in [0.2, 0.25) is 0 Å². The second-order valence-electron chi connectivity index (χ2n) is 5.42. The molecule has 2 aliphatic rings. The van der Waals surface area contributed by atoms with Crippen LogP contribution in [0.25, 0.3) is 0 Å². The van der Waals surface area contributed by atoms with Gasteiger partial charge in [0, 0.05) is 30.1 Å². The average Bonchev–Trinajstić information content (AvgIpc) is 2.70. The zero-order valence-electron chi connectivity index (χ0n) is 10.6. The van der Waals surface area contributed by atoms with Crippen LogP contribution < -0.4 is 5.32 Å². The highest BCUT2D eigenvalue weighted by Crippen LogP contribution is 2.32. The zero-order valence-corrected chi connectivity index (χ0v) is 12.2. The molecule has 0 amide bonds. The van der Waals surface area contributed by atoms with Crippen LogP contribution in [0.15, 0.2) is 0 Å². The molecule has 0 saturated carbocycles. The van der Waals surface area contributed by atoms with E-state index in [9.17, 15) is 8.42 Å². The summed E-state index contributed by atoms with van der Waals surface area (Å²) in [7, 11) is -3.08. The van der Waals surface area contributed by atoms with Gasteiger partial charge in [0.15, 0.2) is 0 Å². The summed E-state index contributed by atoms with van der Waals surface area (Å²) in [4.78, 5) is 0. The number of nitrogens with zero attached hydrogens (tertiary/aromatic N) is 1. The number of hydrogen-bond donors (Lipinski definition) is 1. The Labute approximate surface area is 109 Å². The summed E-state index contributed by atoms with van der Waals surface area (Å²) in [5.74, 6) is 0.909. The number of thioether (sulfide) groups is 1. The van der Waals surface area contributed by atoms with Gasteiger partial charge in [-0.3, -0.25) is 0 Å². The highest BCUT2D eigenvalue weighted by Gasteiger charge is 2.36. The van der Waals surface area contributed by atoms with Gasteiger partial charge < -0.3 is 5.32 Å². The Hall–Kier alpha value is 0.220. The van der Waals surface area contributed by atoms with Crippen molar-refractivity contribution in [2.75, 3.05) is 31.9 Å². The predicted molar refractivity (Wildman–Crippen MR) is 72.9 cm³/mol. The Morgan fingerprint density at radius 3 is 2.76 bits per heavy atom. The molecular formula is C11H22N2O2S2. The molecule has 1 unspecified atom stereocenters. The van der Waals surface area contributed by atoms with Crippen LogP contribution in [0.3, 0.4) is 0 Å². The topological polar surface area (TPSA) is 49.4 Å². The molecule has 1 N–H and O–H groups in total. The van der Waals surface area contributed by atoms with Gasteiger partial charge in [0.1, 0.15) is 0 Å². The van der Waals surface area contributed by atoms with Crippen LogP contribution in [0.5, 0.6) is 0 Å². The summed E-state index contributed by atoms with van der Waals surface area (Å²) in [5, 5.41) is 2.94. The predicted octanol–water partition coefficient (Wildman–Crippen LogP) is 0.896. The van der Waals surface area contributed by atoms with E-state index in [1.165, 1.54) is 0 Å². The fourth-order valence-corrected chi connectivity index (χ4v) is 5.42. The van der Waals surface area contributed by atoms with Crippen molar-refractivity contribution in [3.63, 3.8) is 0 Å². The van der Waals surface area contributed by atoms with Crippen molar-refractivity contribution in [2.24, 2.45) is 0 Å². The summed E-state index contributed by atoms with van der Waals surface area (Å²) in [5.41, 5.74) is 0. The average molecular weight is 278 g/mol. The van der Waals surface area contributed by atoms with E-state index in [1.54, 1.807) is 4.31 Å². The third-order valence-electron chi connectivity index (χ3n) is 3.59. The van der Waals surface area contributed by atoms with Crippen LogP contribution >= 0.6 is 11.8 Å². The normalized spacial score (nSPS) is 31.3. The van der Waals surface area contributed by atoms with E-state index in [4.69, 9.17) is 0 Å². The molecule has 0 aliphatic carbocycles. The first-order valence-corrected chi connectivity index (χ1v) is 8.74. The van der Waals surface area contributed by atoms with Crippen LogP contribution in [-0.2, 0) is 10.0 Å². The molecule has 4 nitrogen and oxygen atoms in total. The first kappa shape index (κ1) is 13.6. The van der Waals surface area contributed by atoms with E-state index in [1.807, 2.05) is 11.8 Å². The lowest BCUT2D eigenvalue weighted by molar-refractivity contribution is 0.409. The van der Waals surface area contributed by atoms with Gasteiger partial charge in [-0.25, -0.2) is 12.7 Å². The molecule has 100 valence electrons. The fraction of sp³-hybridized carbons (Fsp3) is 1.00. The molecule has 2 saturated heterocycles. The standard InChI is InChI=1S/C11H22N2O2S2/c1-11(2)4-6-13(7-8-16-11)17(14,15)10-3-5-12-9-10/h10,12H,3-9H2,1-2H3.